The monoisotopic (exact) mass is 266 g/mol. The Hall–Kier alpha value is -4.84. The summed E-state index contributed by atoms with van der Waals surface area (Å²) < 4.78 is 0. The van der Waals surface area contributed by atoms with Crippen molar-refractivity contribution in [1.29, 1.82) is 0 Å². The van der Waals surface area contributed by atoms with Crippen LogP contribution in [-0.4, -0.2) is 0 Å². The first-order valence-corrected chi connectivity index (χ1v) is 5.33. The van der Waals surface area contributed by atoms with E-state index < -0.39 is 0 Å². The lowest BCUT2D eigenvalue weighted by Crippen LogP contribution is -1.56. The Morgan fingerprint density at radius 3 is 0.500 bits per heavy atom. The molecule has 0 saturated heterocycles. The van der Waals surface area contributed by atoms with Gasteiger partial charge in [0.05, 0.1) is 0 Å². The SMILES string of the molecule is C#CC#CC#CC#CC#CC#CC#CC#CC#CC#CC#C. The molecule has 0 aromatic heterocycles. The van der Waals surface area contributed by atoms with Crippen molar-refractivity contribution >= 4 is 0 Å². The first-order valence-electron chi connectivity index (χ1n) is 5.33. The first kappa shape index (κ1) is 17.2. The molecule has 0 heteroatoms. The fourth-order valence-corrected chi connectivity index (χ4v) is 0.572. The lowest BCUT2D eigenvalue weighted by Gasteiger charge is -1.56. The van der Waals surface area contributed by atoms with Crippen molar-refractivity contribution in [2.24, 2.45) is 0 Å². The molecule has 0 aromatic rings. The van der Waals surface area contributed by atoms with Crippen LogP contribution in [0.5, 0.6) is 0 Å². The molecule has 0 nitrogen and oxygen atoms in total. The van der Waals surface area contributed by atoms with Crippen molar-refractivity contribution in [2.75, 3.05) is 0 Å². The van der Waals surface area contributed by atoms with Crippen LogP contribution in [0.3, 0.4) is 0 Å². The summed E-state index contributed by atoms with van der Waals surface area (Å²) in [6.45, 7) is 0. The summed E-state index contributed by atoms with van der Waals surface area (Å²) in [4.78, 5) is 0. The van der Waals surface area contributed by atoms with Crippen LogP contribution in [-0.2, 0) is 0 Å². The Morgan fingerprint density at radius 1 is 0.227 bits per heavy atom. The van der Waals surface area contributed by atoms with Crippen LogP contribution in [0.15, 0.2) is 0 Å². The maximum atomic E-state index is 4.90. The van der Waals surface area contributed by atoms with Crippen molar-refractivity contribution in [3.05, 3.63) is 0 Å². The Labute approximate surface area is 131 Å². The van der Waals surface area contributed by atoms with Crippen molar-refractivity contribution in [1.82, 2.24) is 0 Å². The largest absolute Gasteiger partial charge is 0.106 e. The highest BCUT2D eigenvalue weighted by molar-refractivity contribution is 5.47. The molecule has 0 heterocycles. The number of hydrogen-bond acceptors (Lipinski definition) is 0. The van der Waals surface area contributed by atoms with Gasteiger partial charge < -0.3 is 0 Å². The van der Waals surface area contributed by atoms with Gasteiger partial charge in [-0.15, -0.1) is 12.8 Å². The van der Waals surface area contributed by atoms with E-state index in [2.05, 4.69) is 118 Å². The fourth-order valence-electron chi connectivity index (χ4n) is 0.572. The van der Waals surface area contributed by atoms with Gasteiger partial charge in [-0.3, -0.25) is 0 Å². The molecule has 0 bridgehead atoms. The molecule has 90 valence electrons. The Balaban J connectivity index is 4.38. The summed E-state index contributed by atoms with van der Waals surface area (Å²) in [6, 6.07) is 0. The van der Waals surface area contributed by atoms with Crippen molar-refractivity contribution in [3.8, 4) is 131 Å². The summed E-state index contributed by atoms with van der Waals surface area (Å²) in [7, 11) is 0. The summed E-state index contributed by atoms with van der Waals surface area (Å²) in [5.41, 5.74) is 0. The van der Waals surface area contributed by atoms with Crippen molar-refractivity contribution in [3.63, 3.8) is 0 Å². The van der Waals surface area contributed by atoms with E-state index in [1.807, 2.05) is 0 Å². The third-order valence-electron chi connectivity index (χ3n) is 1.21. The molecule has 0 fully saturated rings. The Kier molecular flexibility index (Phi) is 12.6. The predicted octanol–water partition coefficient (Wildman–Crippen LogP) is 0.283. The van der Waals surface area contributed by atoms with E-state index in [4.69, 9.17) is 12.8 Å². The van der Waals surface area contributed by atoms with Crippen LogP contribution in [0.25, 0.3) is 0 Å². The van der Waals surface area contributed by atoms with Crippen LogP contribution < -0.4 is 0 Å². The van der Waals surface area contributed by atoms with Gasteiger partial charge in [-0.05, 0) is 94.7 Å². The van der Waals surface area contributed by atoms with Gasteiger partial charge in [0, 0.05) is 23.7 Å². The van der Waals surface area contributed by atoms with Gasteiger partial charge >= 0.3 is 0 Å². The van der Waals surface area contributed by atoms with Crippen LogP contribution in [0.1, 0.15) is 0 Å². The van der Waals surface area contributed by atoms with E-state index in [9.17, 15) is 0 Å². The third kappa shape index (κ3) is 15.2. The van der Waals surface area contributed by atoms with E-state index in [1.165, 1.54) is 0 Å². The zero-order valence-electron chi connectivity index (χ0n) is 11.2. The molecule has 0 aromatic carbocycles. The fraction of sp³-hybridized carbons (Fsp3) is 0. The first-order chi connectivity index (χ1) is 10.9. The van der Waals surface area contributed by atoms with Crippen LogP contribution >= 0.6 is 0 Å². The molecule has 0 atom stereocenters. The zero-order chi connectivity index (χ0) is 16.1. The molecule has 0 aliphatic carbocycles. The quantitative estimate of drug-likeness (QED) is 0.553. The molecule has 0 spiro atoms. The minimum Gasteiger partial charge on any atom is -0.106 e. The second-order valence-electron chi connectivity index (χ2n) is 2.54. The van der Waals surface area contributed by atoms with Gasteiger partial charge in [0.1, 0.15) is 0 Å². The highest BCUT2D eigenvalue weighted by Crippen LogP contribution is 1.58. The Bertz CT molecular complexity index is 979. The second kappa shape index (κ2) is 16.2. The van der Waals surface area contributed by atoms with Crippen molar-refractivity contribution in [2.45, 2.75) is 0 Å². The lowest BCUT2D eigenvalue weighted by molar-refractivity contribution is 2.33. The average molecular weight is 266 g/mol. The van der Waals surface area contributed by atoms with Gasteiger partial charge in [0.15, 0.2) is 0 Å². The van der Waals surface area contributed by atoms with Gasteiger partial charge in [-0.25, -0.2) is 0 Å². The molecule has 0 saturated carbocycles. The maximum Gasteiger partial charge on any atom is 0 e. The summed E-state index contributed by atoms with van der Waals surface area (Å²) in [5, 5.41) is 0. The van der Waals surface area contributed by atoms with Gasteiger partial charge in [-0.1, -0.05) is 0 Å². The highest BCUT2D eigenvalue weighted by atomic mass is 13.6. The van der Waals surface area contributed by atoms with E-state index in [0.29, 0.717) is 0 Å². The summed E-state index contributed by atoms with van der Waals surface area (Å²) >= 11 is 0. The molecule has 0 N–H and O–H groups in total. The standard InChI is InChI=1S/C22H2/c1-3-5-7-9-11-13-15-17-19-21-22-20-18-16-14-12-10-8-6-4-2/h1-2H. The lowest BCUT2D eigenvalue weighted by atomic mass is 10.4. The van der Waals surface area contributed by atoms with E-state index >= 15 is 0 Å². The molecular weight excluding hydrogens is 264 g/mol. The van der Waals surface area contributed by atoms with E-state index in [0.717, 1.165) is 0 Å². The van der Waals surface area contributed by atoms with Crippen molar-refractivity contribution < 1.29 is 0 Å². The van der Waals surface area contributed by atoms with E-state index in [-0.39, 0.29) is 0 Å². The van der Waals surface area contributed by atoms with Gasteiger partial charge in [0.25, 0.3) is 0 Å². The second-order valence-corrected chi connectivity index (χ2v) is 2.54. The smallest absolute Gasteiger partial charge is 0 e. The number of rotatable bonds is 0. The summed E-state index contributed by atoms with van der Waals surface area (Å²) in [6.07, 6.45) is 9.80. The molecule has 22 heavy (non-hydrogen) atoms. The summed E-state index contributed by atoms with van der Waals surface area (Å²) in [5.74, 6) is 48.2. The Morgan fingerprint density at radius 2 is 0.364 bits per heavy atom. The van der Waals surface area contributed by atoms with Gasteiger partial charge in [-0.2, -0.15) is 0 Å². The molecule has 0 aliphatic rings. The minimum absolute atomic E-state index is 2.12. The van der Waals surface area contributed by atoms with Gasteiger partial charge in [0.2, 0.25) is 0 Å². The van der Waals surface area contributed by atoms with E-state index in [1.54, 1.807) is 0 Å². The normalized spacial score (nSPS) is 3.73. The topological polar surface area (TPSA) is 0 Å². The zero-order valence-corrected chi connectivity index (χ0v) is 11.2. The minimum atomic E-state index is 2.12. The molecular formula is C22H2. The molecule has 0 unspecified atom stereocenters. The van der Waals surface area contributed by atoms with Crippen LogP contribution in [0, 0.1) is 131 Å². The molecule has 0 radical (unpaired) electrons. The average Bonchev–Trinajstić information content (AvgIpc) is 2.54. The maximum absolute atomic E-state index is 4.90. The number of hydrogen-bond donors (Lipinski definition) is 0. The molecule has 0 rings (SSSR count). The number of terminal acetylenes is 2. The molecule has 0 aliphatic heterocycles. The predicted molar refractivity (Wildman–Crippen MR) is 87.7 cm³/mol. The highest BCUT2D eigenvalue weighted by Gasteiger charge is 1.58. The molecule has 0 amide bonds. The van der Waals surface area contributed by atoms with Crippen LogP contribution in [0.4, 0.5) is 0 Å². The van der Waals surface area contributed by atoms with Crippen LogP contribution in [0.2, 0.25) is 0 Å². The third-order valence-corrected chi connectivity index (χ3v) is 1.21.